The van der Waals surface area contributed by atoms with Gasteiger partial charge in [-0.25, -0.2) is 13.1 Å². The van der Waals surface area contributed by atoms with Gasteiger partial charge in [0.25, 0.3) is 0 Å². The highest BCUT2D eigenvalue weighted by molar-refractivity contribution is 7.89. The van der Waals surface area contributed by atoms with E-state index in [1.54, 1.807) is 30.3 Å². The molecule has 0 saturated carbocycles. The van der Waals surface area contributed by atoms with Crippen LogP contribution in [-0.4, -0.2) is 51.4 Å². The second kappa shape index (κ2) is 9.21. The number of carbonyl (C=O) groups is 1. The normalized spacial score (nSPS) is 15.4. The summed E-state index contributed by atoms with van der Waals surface area (Å²) in [5.41, 5.74) is 1.03. The van der Waals surface area contributed by atoms with Crippen molar-refractivity contribution in [2.45, 2.75) is 30.7 Å². The summed E-state index contributed by atoms with van der Waals surface area (Å²) in [5, 5.41) is 0. The fourth-order valence-corrected chi connectivity index (χ4v) is 4.75. The van der Waals surface area contributed by atoms with Gasteiger partial charge < -0.3 is 9.80 Å². The van der Waals surface area contributed by atoms with Gasteiger partial charge in [0.05, 0.1) is 11.4 Å². The first-order valence-corrected chi connectivity index (χ1v) is 11.1. The maximum atomic E-state index is 12.7. The van der Waals surface area contributed by atoms with Gasteiger partial charge in [0.15, 0.2) is 0 Å². The van der Waals surface area contributed by atoms with Gasteiger partial charge in [0.1, 0.15) is 0 Å². The van der Waals surface area contributed by atoms with Crippen LogP contribution in [0.2, 0.25) is 0 Å². The van der Waals surface area contributed by atoms with E-state index in [1.807, 2.05) is 47.1 Å². The van der Waals surface area contributed by atoms with E-state index in [-0.39, 0.29) is 16.8 Å². The number of sulfonamides is 1. The fourth-order valence-electron chi connectivity index (χ4n) is 3.42. The van der Waals surface area contributed by atoms with E-state index in [4.69, 9.17) is 0 Å². The molecular weight excluding hydrogens is 374 g/mol. The van der Waals surface area contributed by atoms with Crippen LogP contribution in [0.25, 0.3) is 0 Å². The lowest BCUT2D eigenvalue weighted by Crippen LogP contribution is -2.49. The number of rotatable bonds is 7. The molecule has 1 saturated heterocycles. The molecule has 0 aromatic heterocycles. The van der Waals surface area contributed by atoms with Crippen molar-refractivity contribution in [1.29, 1.82) is 0 Å². The van der Waals surface area contributed by atoms with Crippen molar-refractivity contribution in [1.82, 2.24) is 9.62 Å². The average molecular weight is 402 g/mol. The Bertz CT molecular complexity index is 864. The number of hydrogen-bond acceptors (Lipinski definition) is 4. The maximum absolute atomic E-state index is 12.7. The molecule has 0 spiro atoms. The summed E-state index contributed by atoms with van der Waals surface area (Å²) in [6.45, 7) is 4.25. The first kappa shape index (κ1) is 20.4. The van der Waals surface area contributed by atoms with Gasteiger partial charge in [0, 0.05) is 31.4 Å². The first-order chi connectivity index (χ1) is 13.5. The molecule has 1 amide bonds. The number of para-hydroxylation sites is 1. The van der Waals surface area contributed by atoms with Crippen LogP contribution >= 0.6 is 0 Å². The van der Waals surface area contributed by atoms with E-state index in [9.17, 15) is 13.2 Å². The summed E-state index contributed by atoms with van der Waals surface area (Å²) < 4.78 is 27.7. The Balaban J connectivity index is 1.53. The minimum absolute atomic E-state index is 0.0788. The number of amides is 1. The zero-order valence-electron chi connectivity index (χ0n) is 16.1. The van der Waals surface area contributed by atoms with Crippen molar-refractivity contribution in [2.75, 3.05) is 31.1 Å². The topological polar surface area (TPSA) is 69.7 Å². The van der Waals surface area contributed by atoms with Crippen LogP contribution in [0.4, 0.5) is 5.69 Å². The van der Waals surface area contributed by atoms with Crippen LogP contribution in [0.15, 0.2) is 65.6 Å². The minimum atomic E-state index is -3.52. The SMILES string of the molecule is CCN(CC(=O)N1CCC(NS(=O)(=O)c2ccccc2)CC1)c1ccccc1. The molecule has 6 nitrogen and oxygen atoms in total. The van der Waals surface area contributed by atoms with Crippen LogP contribution in [0, 0.1) is 0 Å². The largest absolute Gasteiger partial charge is 0.362 e. The fraction of sp³-hybridized carbons (Fsp3) is 0.381. The Morgan fingerprint density at radius 2 is 1.61 bits per heavy atom. The van der Waals surface area contributed by atoms with Gasteiger partial charge in [-0.1, -0.05) is 36.4 Å². The molecule has 3 rings (SSSR count). The molecule has 0 unspecified atom stereocenters. The predicted octanol–water partition coefficient (Wildman–Crippen LogP) is 2.48. The highest BCUT2D eigenvalue weighted by Gasteiger charge is 2.27. The van der Waals surface area contributed by atoms with E-state index >= 15 is 0 Å². The Hall–Kier alpha value is -2.38. The zero-order chi connectivity index (χ0) is 20.0. The van der Waals surface area contributed by atoms with Crippen LogP contribution in [0.5, 0.6) is 0 Å². The van der Waals surface area contributed by atoms with Crippen LogP contribution in [-0.2, 0) is 14.8 Å². The monoisotopic (exact) mass is 401 g/mol. The van der Waals surface area contributed by atoms with Gasteiger partial charge in [-0.15, -0.1) is 0 Å². The molecule has 0 bridgehead atoms. The number of nitrogens with one attached hydrogen (secondary N) is 1. The third kappa shape index (κ3) is 5.11. The summed E-state index contributed by atoms with van der Waals surface area (Å²) >= 11 is 0. The number of likely N-dealkylation sites (N-methyl/N-ethyl adjacent to an activating group) is 1. The molecule has 28 heavy (non-hydrogen) atoms. The number of nitrogens with zero attached hydrogens (tertiary/aromatic N) is 2. The van der Waals surface area contributed by atoms with E-state index < -0.39 is 10.0 Å². The average Bonchev–Trinajstić information content (AvgIpc) is 2.73. The number of carbonyl (C=O) groups excluding carboxylic acids is 1. The Labute approximate surface area is 167 Å². The summed E-state index contributed by atoms with van der Waals surface area (Å²) in [4.78, 5) is 16.9. The quantitative estimate of drug-likeness (QED) is 0.774. The molecule has 0 radical (unpaired) electrons. The number of hydrogen-bond donors (Lipinski definition) is 1. The van der Waals surface area contributed by atoms with Crippen LogP contribution < -0.4 is 9.62 Å². The molecule has 0 aliphatic carbocycles. The molecule has 150 valence electrons. The second-order valence-electron chi connectivity index (χ2n) is 6.94. The number of benzene rings is 2. The summed E-state index contributed by atoms with van der Waals surface area (Å²) in [7, 11) is -3.52. The molecule has 1 N–H and O–H groups in total. The molecule has 2 aromatic rings. The van der Waals surface area contributed by atoms with Crippen molar-refractivity contribution in [3.05, 3.63) is 60.7 Å². The second-order valence-corrected chi connectivity index (χ2v) is 8.65. The van der Waals surface area contributed by atoms with Gasteiger partial charge in [-0.05, 0) is 44.0 Å². The molecule has 7 heteroatoms. The molecule has 1 heterocycles. The highest BCUT2D eigenvalue weighted by Crippen LogP contribution is 2.17. The lowest BCUT2D eigenvalue weighted by atomic mass is 10.1. The highest BCUT2D eigenvalue weighted by atomic mass is 32.2. The molecule has 1 aliphatic heterocycles. The summed E-state index contributed by atoms with van der Waals surface area (Å²) in [6.07, 6.45) is 1.24. The third-order valence-electron chi connectivity index (χ3n) is 5.05. The predicted molar refractivity (Wildman–Crippen MR) is 111 cm³/mol. The molecule has 1 aliphatic rings. The first-order valence-electron chi connectivity index (χ1n) is 9.65. The van der Waals surface area contributed by atoms with Crippen molar-refractivity contribution < 1.29 is 13.2 Å². The van der Waals surface area contributed by atoms with Crippen molar-refractivity contribution in [3.8, 4) is 0 Å². The van der Waals surface area contributed by atoms with Crippen LogP contribution in [0.1, 0.15) is 19.8 Å². The molecule has 1 fully saturated rings. The van der Waals surface area contributed by atoms with Gasteiger partial charge in [-0.3, -0.25) is 4.79 Å². The van der Waals surface area contributed by atoms with Crippen molar-refractivity contribution in [2.24, 2.45) is 0 Å². The smallest absolute Gasteiger partial charge is 0.242 e. The van der Waals surface area contributed by atoms with Gasteiger partial charge in [0.2, 0.25) is 15.9 Å². The molecular formula is C21H27N3O3S. The molecule has 2 aromatic carbocycles. The summed E-state index contributed by atoms with van der Waals surface area (Å²) in [5.74, 6) is 0.0788. The Morgan fingerprint density at radius 1 is 1.04 bits per heavy atom. The van der Waals surface area contributed by atoms with E-state index in [0.29, 0.717) is 32.5 Å². The van der Waals surface area contributed by atoms with E-state index in [1.165, 1.54) is 0 Å². The molecule has 0 atom stereocenters. The summed E-state index contributed by atoms with van der Waals surface area (Å²) in [6, 6.07) is 18.1. The third-order valence-corrected chi connectivity index (χ3v) is 6.59. The standard InChI is InChI=1S/C21H27N3O3S/c1-2-23(19-9-5-3-6-10-19)17-21(25)24-15-13-18(14-16-24)22-28(26,27)20-11-7-4-8-12-20/h3-12,18,22H,2,13-17H2,1H3. The zero-order valence-corrected chi connectivity index (χ0v) is 16.9. The maximum Gasteiger partial charge on any atom is 0.242 e. The minimum Gasteiger partial charge on any atom is -0.362 e. The van der Waals surface area contributed by atoms with Crippen molar-refractivity contribution >= 4 is 21.6 Å². The lowest BCUT2D eigenvalue weighted by molar-refractivity contribution is -0.130. The van der Waals surface area contributed by atoms with Gasteiger partial charge >= 0.3 is 0 Å². The number of likely N-dealkylation sites (tertiary alicyclic amines) is 1. The number of anilines is 1. The van der Waals surface area contributed by atoms with Gasteiger partial charge in [-0.2, -0.15) is 0 Å². The lowest BCUT2D eigenvalue weighted by Gasteiger charge is -2.34. The van der Waals surface area contributed by atoms with E-state index in [0.717, 1.165) is 12.2 Å². The Kier molecular flexibility index (Phi) is 6.70. The van der Waals surface area contributed by atoms with E-state index in [2.05, 4.69) is 4.72 Å². The number of piperidine rings is 1. The van der Waals surface area contributed by atoms with Crippen LogP contribution in [0.3, 0.4) is 0 Å². The van der Waals surface area contributed by atoms with Crippen molar-refractivity contribution in [3.63, 3.8) is 0 Å². The Morgan fingerprint density at radius 3 is 2.18 bits per heavy atom.